The number of nitrogens with two attached hydrogens (primary N) is 1. The Morgan fingerprint density at radius 3 is 2.26 bits per heavy atom. The summed E-state index contributed by atoms with van der Waals surface area (Å²) in [7, 11) is -0.972. The van der Waals surface area contributed by atoms with Crippen molar-refractivity contribution in [2.24, 2.45) is 5.41 Å². The molecule has 0 radical (unpaired) electrons. The van der Waals surface area contributed by atoms with Gasteiger partial charge < -0.3 is 15.0 Å². The van der Waals surface area contributed by atoms with Crippen molar-refractivity contribution < 1.29 is 13.7 Å². The van der Waals surface area contributed by atoms with Crippen LogP contribution in [0.3, 0.4) is 0 Å². The van der Waals surface area contributed by atoms with E-state index in [4.69, 9.17) is 15.0 Å². The molecule has 2 aliphatic rings. The molecule has 0 unspecified atom stereocenters. The molecule has 0 atom stereocenters. The SMILES string of the molecule is CC1(C)CC(=C(F)B2OC(C)(C)C(C)(C)O2)c2sc(N)nc2C1. The van der Waals surface area contributed by atoms with Gasteiger partial charge in [-0.3, -0.25) is 0 Å². The Kier molecular flexibility index (Phi) is 3.71. The maximum absolute atomic E-state index is 15.3. The van der Waals surface area contributed by atoms with Crippen molar-refractivity contribution in [3.63, 3.8) is 0 Å². The third-order valence-corrected chi connectivity index (χ3v) is 6.02. The van der Waals surface area contributed by atoms with Gasteiger partial charge >= 0.3 is 7.12 Å². The number of rotatable bonds is 1. The number of nitrogens with zero attached hydrogens (tertiary/aromatic N) is 1. The molecular weight excluding hydrogens is 314 g/mol. The molecule has 1 fully saturated rings. The summed E-state index contributed by atoms with van der Waals surface area (Å²) in [6, 6.07) is 0. The summed E-state index contributed by atoms with van der Waals surface area (Å²) in [6.07, 6.45) is 1.42. The van der Waals surface area contributed by atoms with Crippen LogP contribution in [0, 0.1) is 5.41 Å². The highest BCUT2D eigenvalue weighted by Gasteiger charge is 2.54. The summed E-state index contributed by atoms with van der Waals surface area (Å²) >= 11 is 1.34. The highest BCUT2D eigenvalue weighted by Crippen LogP contribution is 2.48. The number of halogens is 1. The van der Waals surface area contributed by atoms with Crippen LogP contribution in [0.15, 0.2) is 5.73 Å². The molecule has 0 aromatic carbocycles. The van der Waals surface area contributed by atoms with E-state index in [9.17, 15) is 0 Å². The Morgan fingerprint density at radius 2 is 1.70 bits per heavy atom. The minimum Gasteiger partial charge on any atom is -0.398 e. The Bertz CT molecular complexity index is 666. The Balaban J connectivity index is 2.04. The number of anilines is 1. The maximum Gasteiger partial charge on any atom is 0.525 e. The molecule has 3 rings (SSSR count). The van der Waals surface area contributed by atoms with E-state index >= 15 is 4.39 Å². The Morgan fingerprint density at radius 1 is 1.13 bits per heavy atom. The van der Waals surface area contributed by atoms with Crippen LogP contribution in [0.5, 0.6) is 0 Å². The molecule has 1 aromatic heterocycles. The van der Waals surface area contributed by atoms with Gasteiger partial charge in [-0.05, 0) is 51.5 Å². The zero-order valence-electron chi connectivity index (χ0n) is 14.6. The van der Waals surface area contributed by atoms with Gasteiger partial charge in [0.15, 0.2) is 5.13 Å². The zero-order chi connectivity index (χ0) is 17.2. The minimum atomic E-state index is -0.972. The van der Waals surface area contributed by atoms with Crippen LogP contribution in [-0.2, 0) is 15.7 Å². The molecule has 0 amide bonds. The van der Waals surface area contributed by atoms with Crippen molar-refractivity contribution in [2.45, 2.75) is 65.6 Å². The van der Waals surface area contributed by atoms with E-state index in [2.05, 4.69) is 18.8 Å². The van der Waals surface area contributed by atoms with Gasteiger partial charge in [0.25, 0.3) is 0 Å². The third-order valence-electron chi connectivity index (χ3n) is 5.04. The average Bonchev–Trinajstić information content (AvgIpc) is 2.83. The van der Waals surface area contributed by atoms with Gasteiger partial charge in [-0.2, -0.15) is 0 Å². The van der Waals surface area contributed by atoms with Crippen LogP contribution in [0.2, 0.25) is 0 Å². The van der Waals surface area contributed by atoms with E-state index in [1.54, 1.807) is 0 Å². The highest BCUT2D eigenvalue weighted by atomic mass is 32.1. The average molecular weight is 338 g/mol. The molecule has 0 bridgehead atoms. The first kappa shape index (κ1) is 16.9. The predicted octanol–water partition coefficient (Wildman–Crippen LogP) is 4.01. The molecule has 0 saturated carbocycles. The van der Waals surface area contributed by atoms with E-state index in [0.717, 1.165) is 17.0 Å². The lowest BCUT2D eigenvalue weighted by Crippen LogP contribution is -2.41. The molecule has 2 N–H and O–H groups in total. The zero-order valence-corrected chi connectivity index (χ0v) is 15.4. The molecular formula is C16H24BFN2O2S. The van der Waals surface area contributed by atoms with Crippen LogP contribution < -0.4 is 5.73 Å². The van der Waals surface area contributed by atoms with E-state index < -0.39 is 18.3 Å². The van der Waals surface area contributed by atoms with E-state index in [1.165, 1.54) is 11.3 Å². The van der Waals surface area contributed by atoms with Crippen LogP contribution >= 0.6 is 11.3 Å². The lowest BCUT2D eigenvalue weighted by molar-refractivity contribution is 0.00578. The first-order valence-corrected chi connectivity index (χ1v) is 8.73. The molecule has 1 aromatic rings. The van der Waals surface area contributed by atoms with E-state index in [-0.39, 0.29) is 11.1 Å². The van der Waals surface area contributed by atoms with Crippen molar-refractivity contribution in [1.82, 2.24) is 4.98 Å². The first-order valence-electron chi connectivity index (χ1n) is 7.92. The second kappa shape index (κ2) is 5.04. The molecule has 23 heavy (non-hydrogen) atoms. The fraction of sp³-hybridized carbons (Fsp3) is 0.688. The lowest BCUT2D eigenvalue weighted by atomic mass is 9.72. The number of fused-ring (bicyclic) bond motifs is 1. The van der Waals surface area contributed by atoms with Gasteiger partial charge in [-0.1, -0.05) is 25.2 Å². The highest BCUT2D eigenvalue weighted by molar-refractivity contribution is 7.16. The molecule has 1 aliphatic carbocycles. The number of hydrogen-bond donors (Lipinski definition) is 1. The van der Waals surface area contributed by atoms with Crippen LogP contribution in [0.25, 0.3) is 5.57 Å². The minimum absolute atomic E-state index is 0.0656. The fourth-order valence-corrected chi connectivity index (χ4v) is 3.98. The van der Waals surface area contributed by atoms with Crippen LogP contribution in [-0.4, -0.2) is 23.3 Å². The number of allylic oxidation sites excluding steroid dienone is 1. The topological polar surface area (TPSA) is 57.4 Å². The quantitative estimate of drug-likeness (QED) is 0.786. The molecule has 2 heterocycles. The number of aromatic nitrogens is 1. The molecule has 1 saturated heterocycles. The van der Waals surface area contributed by atoms with Crippen molar-refractivity contribution >= 4 is 29.2 Å². The Labute approximate surface area is 141 Å². The summed E-state index contributed by atoms with van der Waals surface area (Å²) in [6.45, 7) is 11.9. The normalized spacial score (nSPS) is 27.0. The van der Waals surface area contributed by atoms with Crippen LogP contribution in [0.4, 0.5) is 9.52 Å². The molecule has 4 nitrogen and oxygen atoms in total. The molecule has 126 valence electrons. The molecule has 7 heteroatoms. The van der Waals surface area contributed by atoms with Gasteiger partial charge in [0.1, 0.15) is 5.73 Å². The summed E-state index contributed by atoms with van der Waals surface area (Å²) in [5.74, 6) is 0. The van der Waals surface area contributed by atoms with Gasteiger partial charge in [-0.15, -0.1) is 0 Å². The monoisotopic (exact) mass is 338 g/mol. The third kappa shape index (κ3) is 2.83. The molecule has 1 aliphatic heterocycles. The maximum atomic E-state index is 15.3. The van der Waals surface area contributed by atoms with Crippen LogP contribution in [0.1, 0.15) is 58.5 Å². The van der Waals surface area contributed by atoms with Gasteiger partial charge in [-0.25, -0.2) is 9.37 Å². The Hall–Kier alpha value is -0.915. The van der Waals surface area contributed by atoms with Crippen molar-refractivity contribution in [3.05, 3.63) is 16.3 Å². The predicted molar refractivity (Wildman–Crippen MR) is 92.7 cm³/mol. The second-order valence-corrected chi connectivity index (χ2v) is 9.29. The van der Waals surface area contributed by atoms with E-state index in [0.29, 0.717) is 17.1 Å². The van der Waals surface area contributed by atoms with Crippen molar-refractivity contribution in [3.8, 4) is 0 Å². The standard InChI is InChI=1S/C16H24BFN2O2S/c1-14(2)7-9(11-10(8-14)20-13(19)23-11)12(18)17-21-15(3,4)16(5,6)22-17/h7-8H2,1-6H3,(H2,19,20). The second-order valence-electron chi connectivity index (χ2n) is 8.26. The molecule has 0 spiro atoms. The van der Waals surface area contributed by atoms with Gasteiger partial charge in [0, 0.05) is 0 Å². The van der Waals surface area contributed by atoms with E-state index in [1.807, 2.05) is 27.7 Å². The summed E-state index contributed by atoms with van der Waals surface area (Å²) < 4.78 is 27.0. The largest absolute Gasteiger partial charge is 0.525 e. The first-order chi connectivity index (χ1) is 10.4. The lowest BCUT2D eigenvalue weighted by Gasteiger charge is -2.32. The summed E-state index contributed by atoms with van der Waals surface area (Å²) in [5.41, 5.74) is 5.83. The number of thiazole rings is 1. The summed E-state index contributed by atoms with van der Waals surface area (Å²) in [5, 5.41) is 0.479. The number of hydrogen-bond acceptors (Lipinski definition) is 5. The van der Waals surface area contributed by atoms with Crippen molar-refractivity contribution in [2.75, 3.05) is 5.73 Å². The van der Waals surface area contributed by atoms with Gasteiger partial charge in [0.05, 0.1) is 21.8 Å². The summed E-state index contributed by atoms with van der Waals surface area (Å²) in [4.78, 5) is 5.22. The van der Waals surface area contributed by atoms with Gasteiger partial charge in [0.2, 0.25) is 0 Å². The number of nitrogen functional groups attached to an aromatic ring is 1. The fourth-order valence-electron chi connectivity index (χ4n) is 3.08. The van der Waals surface area contributed by atoms with Crippen molar-refractivity contribution in [1.29, 1.82) is 0 Å². The smallest absolute Gasteiger partial charge is 0.398 e.